The number of ether oxygens (including phenoxy) is 2. The van der Waals surface area contributed by atoms with E-state index in [4.69, 9.17) is 9.47 Å². The van der Waals surface area contributed by atoms with Crippen LogP contribution in [0.5, 0.6) is 11.5 Å². The first-order chi connectivity index (χ1) is 8.72. The van der Waals surface area contributed by atoms with E-state index in [0.29, 0.717) is 17.1 Å². The molecule has 3 heteroatoms. The van der Waals surface area contributed by atoms with Crippen LogP contribution in [0.2, 0.25) is 0 Å². The Morgan fingerprint density at radius 1 is 1.17 bits per heavy atom. The summed E-state index contributed by atoms with van der Waals surface area (Å²) in [4.78, 5) is 0. The highest BCUT2D eigenvalue weighted by atomic mass is 16.5. The van der Waals surface area contributed by atoms with Crippen molar-refractivity contribution in [2.75, 3.05) is 14.2 Å². The van der Waals surface area contributed by atoms with Crippen molar-refractivity contribution in [2.45, 2.75) is 6.10 Å². The standard InChI is InChI=1S/C15H16O3/c1-4-13(16)12-9-14(17-2)10-7-5-6-8-11(10)15(12)18-3/h4-9,13,16H,1H2,2-3H3. The Kier molecular flexibility index (Phi) is 3.53. The summed E-state index contributed by atoms with van der Waals surface area (Å²) in [7, 11) is 3.20. The fourth-order valence-electron chi connectivity index (χ4n) is 2.08. The quantitative estimate of drug-likeness (QED) is 0.840. The molecular weight excluding hydrogens is 228 g/mol. The molecule has 94 valence electrons. The molecule has 0 aliphatic heterocycles. The van der Waals surface area contributed by atoms with Crippen molar-refractivity contribution in [3.63, 3.8) is 0 Å². The van der Waals surface area contributed by atoms with Gasteiger partial charge in [-0.1, -0.05) is 30.3 Å². The Morgan fingerprint density at radius 3 is 2.39 bits per heavy atom. The van der Waals surface area contributed by atoms with Gasteiger partial charge in [0.05, 0.1) is 14.2 Å². The van der Waals surface area contributed by atoms with Gasteiger partial charge in [0.25, 0.3) is 0 Å². The molecule has 1 N–H and O–H groups in total. The summed E-state index contributed by atoms with van der Waals surface area (Å²) in [5.74, 6) is 1.36. The fourth-order valence-corrected chi connectivity index (χ4v) is 2.08. The van der Waals surface area contributed by atoms with Gasteiger partial charge in [0, 0.05) is 16.3 Å². The van der Waals surface area contributed by atoms with Crippen LogP contribution in [0, 0.1) is 0 Å². The summed E-state index contributed by atoms with van der Waals surface area (Å²) in [5.41, 5.74) is 0.656. The van der Waals surface area contributed by atoms with Crippen LogP contribution in [0.25, 0.3) is 10.8 Å². The predicted octanol–water partition coefficient (Wildman–Crippen LogP) is 3.08. The summed E-state index contributed by atoms with van der Waals surface area (Å²) < 4.78 is 10.8. The average Bonchev–Trinajstić information content (AvgIpc) is 2.44. The minimum Gasteiger partial charge on any atom is -0.496 e. The monoisotopic (exact) mass is 244 g/mol. The van der Waals surface area contributed by atoms with Gasteiger partial charge in [0.2, 0.25) is 0 Å². The van der Waals surface area contributed by atoms with Crippen molar-refractivity contribution in [2.24, 2.45) is 0 Å². The molecule has 0 saturated carbocycles. The molecule has 0 bridgehead atoms. The smallest absolute Gasteiger partial charge is 0.133 e. The maximum absolute atomic E-state index is 9.97. The lowest BCUT2D eigenvalue weighted by molar-refractivity contribution is 0.223. The maximum atomic E-state index is 9.97. The molecule has 3 nitrogen and oxygen atoms in total. The average molecular weight is 244 g/mol. The SMILES string of the molecule is C=CC(O)c1cc(OC)c2ccccc2c1OC. The van der Waals surface area contributed by atoms with Gasteiger partial charge in [-0.25, -0.2) is 0 Å². The van der Waals surface area contributed by atoms with E-state index in [2.05, 4.69) is 6.58 Å². The first kappa shape index (κ1) is 12.5. The largest absolute Gasteiger partial charge is 0.496 e. The first-order valence-electron chi connectivity index (χ1n) is 5.67. The lowest BCUT2D eigenvalue weighted by atomic mass is 10.0. The summed E-state index contributed by atoms with van der Waals surface area (Å²) in [6, 6.07) is 9.55. The van der Waals surface area contributed by atoms with Crippen molar-refractivity contribution in [1.82, 2.24) is 0 Å². The second kappa shape index (κ2) is 5.10. The molecule has 0 aromatic heterocycles. The maximum Gasteiger partial charge on any atom is 0.133 e. The van der Waals surface area contributed by atoms with Gasteiger partial charge in [-0.3, -0.25) is 0 Å². The van der Waals surface area contributed by atoms with Gasteiger partial charge < -0.3 is 14.6 Å². The third kappa shape index (κ3) is 1.93. The van der Waals surface area contributed by atoms with Gasteiger partial charge in [0.15, 0.2) is 0 Å². The Morgan fingerprint density at radius 2 is 1.83 bits per heavy atom. The number of aliphatic hydroxyl groups is 1. The number of aliphatic hydroxyl groups excluding tert-OH is 1. The highest BCUT2D eigenvalue weighted by Crippen LogP contribution is 2.39. The van der Waals surface area contributed by atoms with Crippen molar-refractivity contribution in [3.05, 3.63) is 48.6 Å². The number of hydrogen-bond acceptors (Lipinski definition) is 3. The number of methoxy groups -OCH3 is 2. The molecule has 0 heterocycles. The van der Waals surface area contributed by atoms with Crippen LogP contribution in [-0.2, 0) is 0 Å². The van der Waals surface area contributed by atoms with E-state index < -0.39 is 6.10 Å². The number of hydrogen-bond donors (Lipinski definition) is 1. The van der Waals surface area contributed by atoms with E-state index >= 15 is 0 Å². The van der Waals surface area contributed by atoms with Gasteiger partial charge in [-0.05, 0) is 6.07 Å². The molecule has 1 atom stereocenters. The zero-order chi connectivity index (χ0) is 13.1. The van der Waals surface area contributed by atoms with E-state index in [1.807, 2.05) is 24.3 Å². The van der Waals surface area contributed by atoms with E-state index in [-0.39, 0.29) is 0 Å². The Hall–Kier alpha value is -2.00. The van der Waals surface area contributed by atoms with Crippen molar-refractivity contribution in [3.8, 4) is 11.5 Å². The van der Waals surface area contributed by atoms with Crippen molar-refractivity contribution >= 4 is 10.8 Å². The molecule has 0 fully saturated rings. The molecule has 2 rings (SSSR count). The number of rotatable bonds is 4. The third-order valence-corrected chi connectivity index (χ3v) is 2.95. The molecule has 0 spiro atoms. The van der Waals surface area contributed by atoms with E-state index in [0.717, 1.165) is 10.8 Å². The molecule has 0 aliphatic rings. The van der Waals surface area contributed by atoms with Crippen LogP contribution in [0.1, 0.15) is 11.7 Å². The van der Waals surface area contributed by atoms with Gasteiger partial charge >= 0.3 is 0 Å². The minimum absolute atomic E-state index is 0.652. The predicted molar refractivity (Wildman–Crippen MR) is 72.2 cm³/mol. The van der Waals surface area contributed by atoms with Crippen molar-refractivity contribution in [1.29, 1.82) is 0 Å². The molecule has 0 saturated heterocycles. The zero-order valence-electron chi connectivity index (χ0n) is 10.5. The molecule has 2 aromatic carbocycles. The molecule has 0 aliphatic carbocycles. The molecule has 2 aromatic rings. The normalized spacial score (nSPS) is 12.2. The molecule has 1 unspecified atom stereocenters. The Labute approximate surface area is 106 Å². The number of fused-ring (bicyclic) bond motifs is 1. The highest BCUT2D eigenvalue weighted by Gasteiger charge is 2.16. The van der Waals surface area contributed by atoms with Crippen LogP contribution in [0.3, 0.4) is 0 Å². The Bertz CT molecular complexity index is 575. The van der Waals surface area contributed by atoms with Gasteiger partial charge in [-0.2, -0.15) is 0 Å². The minimum atomic E-state index is -0.779. The van der Waals surface area contributed by atoms with Crippen molar-refractivity contribution < 1.29 is 14.6 Å². The highest BCUT2D eigenvalue weighted by molar-refractivity contribution is 5.94. The third-order valence-electron chi connectivity index (χ3n) is 2.95. The summed E-state index contributed by atoms with van der Waals surface area (Å²) in [6.45, 7) is 3.60. The molecular formula is C15H16O3. The lowest BCUT2D eigenvalue weighted by Gasteiger charge is -2.16. The second-order valence-corrected chi connectivity index (χ2v) is 3.93. The molecule has 0 amide bonds. The van der Waals surface area contributed by atoms with E-state index in [1.165, 1.54) is 6.08 Å². The molecule has 0 radical (unpaired) electrons. The van der Waals surface area contributed by atoms with E-state index in [9.17, 15) is 5.11 Å². The zero-order valence-corrected chi connectivity index (χ0v) is 10.5. The Balaban J connectivity index is 2.82. The van der Waals surface area contributed by atoms with Crippen LogP contribution >= 0.6 is 0 Å². The summed E-state index contributed by atoms with van der Waals surface area (Å²) in [5, 5.41) is 11.8. The fraction of sp³-hybridized carbons (Fsp3) is 0.200. The van der Waals surface area contributed by atoms with Gasteiger partial charge in [0.1, 0.15) is 17.6 Å². The number of benzene rings is 2. The summed E-state index contributed by atoms with van der Waals surface area (Å²) >= 11 is 0. The van der Waals surface area contributed by atoms with Crippen LogP contribution in [-0.4, -0.2) is 19.3 Å². The lowest BCUT2D eigenvalue weighted by Crippen LogP contribution is -2.00. The van der Waals surface area contributed by atoms with Crippen LogP contribution in [0.4, 0.5) is 0 Å². The van der Waals surface area contributed by atoms with Crippen LogP contribution in [0.15, 0.2) is 43.0 Å². The van der Waals surface area contributed by atoms with E-state index in [1.54, 1.807) is 20.3 Å². The molecule has 18 heavy (non-hydrogen) atoms. The topological polar surface area (TPSA) is 38.7 Å². The second-order valence-electron chi connectivity index (χ2n) is 3.93. The first-order valence-corrected chi connectivity index (χ1v) is 5.67. The van der Waals surface area contributed by atoms with Gasteiger partial charge in [-0.15, -0.1) is 6.58 Å². The van der Waals surface area contributed by atoms with Crippen LogP contribution < -0.4 is 9.47 Å². The summed E-state index contributed by atoms with van der Waals surface area (Å²) in [6.07, 6.45) is 0.685.